The van der Waals surface area contributed by atoms with Gasteiger partial charge in [-0.2, -0.15) is 0 Å². The summed E-state index contributed by atoms with van der Waals surface area (Å²) in [4.78, 5) is 49.8. The van der Waals surface area contributed by atoms with Crippen molar-refractivity contribution in [3.8, 4) is 10.4 Å². The molecule has 0 unspecified atom stereocenters. The summed E-state index contributed by atoms with van der Waals surface area (Å²) >= 11 is 1.34. The van der Waals surface area contributed by atoms with E-state index in [1.54, 1.807) is 49.0 Å². The number of anilines is 1. The van der Waals surface area contributed by atoms with Crippen molar-refractivity contribution in [2.75, 3.05) is 5.32 Å². The lowest BCUT2D eigenvalue weighted by atomic mass is 10.1. The number of hydrogen-bond donors (Lipinski definition) is 3. The molecule has 5 rings (SSSR count). The molecule has 4 heterocycles. The van der Waals surface area contributed by atoms with Crippen molar-refractivity contribution >= 4 is 45.3 Å². The van der Waals surface area contributed by atoms with E-state index in [-0.39, 0.29) is 18.4 Å². The van der Waals surface area contributed by atoms with Crippen LogP contribution < -0.4 is 16.4 Å². The number of amides is 1. The molecule has 0 fully saturated rings. The quantitative estimate of drug-likeness (QED) is 0.324. The number of carbonyl (C=O) groups excluding carboxylic acids is 1. The zero-order valence-electron chi connectivity index (χ0n) is 19.2. The lowest BCUT2D eigenvalue weighted by Gasteiger charge is -2.20. The lowest BCUT2D eigenvalue weighted by molar-refractivity contribution is 0.0630. The molecule has 0 spiro atoms. The van der Waals surface area contributed by atoms with E-state index in [2.05, 4.69) is 20.3 Å². The van der Waals surface area contributed by atoms with Gasteiger partial charge < -0.3 is 19.2 Å². The molecule has 0 aliphatic carbocycles. The zero-order chi connectivity index (χ0) is 24.9. The number of pyridine rings is 1. The maximum Gasteiger partial charge on any atom is 0.316 e. The summed E-state index contributed by atoms with van der Waals surface area (Å²) < 4.78 is 2.96. The summed E-state index contributed by atoms with van der Waals surface area (Å²) in [6.45, 7) is 3.44. The predicted octanol–water partition coefficient (Wildman–Crippen LogP) is 2.72. The Morgan fingerprint density at radius 2 is 1.89 bits per heavy atom. The van der Waals surface area contributed by atoms with Gasteiger partial charge in [-0.05, 0) is 55.8 Å². The van der Waals surface area contributed by atoms with Crippen LogP contribution in [0.15, 0.2) is 58.4 Å². The average Bonchev–Trinajstić information content (AvgIpc) is 3.42. The monoisotopic (exact) mass is 490 g/mol. The Morgan fingerprint density at radius 1 is 1.14 bits per heavy atom. The smallest absolute Gasteiger partial charge is 0.316 e. The minimum Gasteiger partial charge on any atom is -0.389 e. The highest BCUT2D eigenvalue weighted by Crippen LogP contribution is 2.29. The highest BCUT2D eigenvalue weighted by atomic mass is 32.1. The first kappa shape index (κ1) is 22.7. The summed E-state index contributed by atoms with van der Waals surface area (Å²) in [5.41, 5.74) is 0.470. The van der Waals surface area contributed by atoms with Crippen molar-refractivity contribution in [1.29, 1.82) is 0 Å². The van der Waals surface area contributed by atoms with Crippen molar-refractivity contribution < 1.29 is 9.90 Å². The van der Waals surface area contributed by atoms with Gasteiger partial charge in [0.25, 0.3) is 5.91 Å². The normalized spacial score (nSPS) is 11.9. The number of fused-ring (bicyclic) bond motifs is 2. The third kappa shape index (κ3) is 4.27. The fourth-order valence-corrected chi connectivity index (χ4v) is 4.82. The summed E-state index contributed by atoms with van der Waals surface area (Å²) in [5, 5.41) is 13.4. The van der Waals surface area contributed by atoms with Crippen LogP contribution in [0.25, 0.3) is 32.5 Å². The van der Waals surface area contributed by atoms with E-state index in [4.69, 9.17) is 0 Å². The molecule has 0 atom stereocenters. The number of aryl methyl sites for hydroxylation is 1. The number of aliphatic hydroxyl groups is 1. The lowest BCUT2D eigenvalue weighted by Crippen LogP contribution is -2.34. The molecule has 0 aliphatic heterocycles. The fraction of sp³-hybridized carbons (Fsp3) is 0.208. The van der Waals surface area contributed by atoms with Crippen LogP contribution in [0.4, 0.5) is 5.95 Å². The van der Waals surface area contributed by atoms with E-state index in [0.29, 0.717) is 26.9 Å². The van der Waals surface area contributed by atoms with Crippen LogP contribution in [-0.4, -0.2) is 40.7 Å². The van der Waals surface area contributed by atoms with E-state index in [1.165, 1.54) is 23.0 Å². The standard InChI is InChI=1S/C24H22N6O4S/c1-24(2,34)12-30-17-11-16-14(26-21(32)22(33)29(16)3)10-15(17)27-23(30)28-20(31)19-5-4-18(35-19)13-6-8-25-9-7-13/h4-11,34H,12H2,1-3H3,(H,26,32)(H,27,28,31). The van der Waals surface area contributed by atoms with Crippen LogP contribution in [-0.2, 0) is 13.6 Å². The number of carbonyl (C=O) groups is 1. The van der Waals surface area contributed by atoms with Gasteiger partial charge in [0.1, 0.15) is 0 Å². The molecular weight excluding hydrogens is 468 g/mol. The molecule has 0 aliphatic rings. The van der Waals surface area contributed by atoms with Gasteiger partial charge in [0, 0.05) is 24.3 Å². The van der Waals surface area contributed by atoms with Gasteiger partial charge in [0.05, 0.1) is 39.1 Å². The van der Waals surface area contributed by atoms with Gasteiger partial charge in [-0.15, -0.1) is 11.3 Å². The van der Waals surface area contributed by atoms with E-state index >= 15 is 0 Å². The largest absolute Gasteiger partial charge is 0.389 e. The van der Waals surface area contributed by atoms with Gasteiger partial charge in [0.2, 0.25) is 5.95 Å². The molecule has 1 amide bonds. The second kappa shape index (κ2) is 8.29. The number of thiophene rings is 1. The van der Waals surface area contributed by atoms with E-state index in [1.807, 2.05) is 18.2 Å². The zero-order valence-corrected chi connectivity index (χ0v) is 20.0. The van der Waals surface area contributed by atoms with Gasteiger partial charge in [-0.1, -0.05) is 0 Å². The van der Waals surface area contributed by atoms with E-state index < -0.39 is 16.7 Å². The minimum absolute atomic E-state index is 0.134. The van der Waals surface area contributed by atoms with Crippen LogP contribution in [0.2, 0.25) is 0 Å². The molecule has 0 bridgehead atoms. The molecular formula is C24H22N6O4S. The molecule has 5 aromatic rings. The number of hydrogen-bond acceptors (Lipinski definition) is 7. The fourth-order valence-electron chi connectivity index (χ4n) is 3.91. The number of aromatic nitrogens is 5. The predicted molar refractivity (Wildman–Crippen MR) is 135 cm³/mol. The van der Waals surface area contributed by atoms with Crippen LogP contribution in [0.3, 0.4) is 0 Å². The Balaban J connectivity index is 1.59. The molecule has 35 heavy (non-hydrogen) atoms. The minimum atomic E-state index is -1.11. The molecule has 178 valence electrons. The molecule has 0 saturated heterocycles. The van der Waals surface area contributed by atoms with Crippen molar-refractivity contribution in [2.24, 2.45) is 7.05 Å². The maximum atomic E-state index is 13.1. The van der Waals surface area contributed by atoms with Crippen LogP contribution in [0.1, 0.15) is 23.5 Å². The Kier molecular flexibility index (Phi) is 5.37. The van der Waals surface area contributed by atoms with Crippen LogP contribution in [0.5, 0.6) is 0 Å². The third-order valence-corrected chi connectivity index (χ3v) is 6.67. The Labute approximate surface area is 202 Å². The van der Waals surface area contributed by atoms with Crippen molar-refractivity contribution in [3.63, 3.8) is 0 Å². The summed E-state index contributed by atoms with van der Waals surface area (Å²) in [5.74, 6) is -0.0957. The summed E-state index contributed by atoms with van der Waals surface area (Å²) in [7, 11) is 1.52. The number of nitrogens with zero attached hydrogens (tertiary/aromatic N) is 4. The first-order valence-electron chi connectivity index (χ1n) is 10.8. The Hall–Kier alpha value is -4.09. The van der Waals surface area contributed by atoms with E-state index in [9.17, 15) is 19.5 Å². The molecule has 0 saturated carbocycles. The van der Waals surface area contributed by atoms with Gasteiger partial charge in [-0.25, -0.2) is 4.98 Å². The van der Waals surface area contributed by atoms with Gasteiger partial charge in [0.15, 0.2) is 0 Å². The van der Waals surface area contributed by atoms with Crippen LogP contribution >= 0.6 is 11.3 Å². The molecule has 10 nitrogen and oxygen atoms in total. The number of imidazole rings is 1. The third-order valence-electron chi connectivity index (χ3n) is 5.54. The number of H-pyrrole nitrogens is 1. The number of benzene rings is 1. The van der Waals surface area contributed by atoms with Gasteiger partial charge >= 0.3 is 11.1 Å². The van der Waals surface area contributed by atoms with E-state index in [0.717, 1.165) is 10.4 Å². The SMILES string of the molecule is Cn1c(=O)c(=O)[nH]c2cc3nc(NC(=O)c4ccc(-c5ccncc5)s4)n(CC(C)(C)O)c3cc21. The second-order valence-electron chi connectivity index (χ2n) is 8.86. The first-order valence-corrected chi connectivity index (χ1v) is 11.6. The topological polar surface area (TPSA) is 135 Å². The van der Waals surface area contributed by atoms with Crippen molar-refractivity contribution in [1.82, 2.24) is 24.1 Å². The molecule has 0 radical (unpaired) electrons. The maximum absolute atomic E-state index is 13.1. The average molecular weight is 491 g/mol. The summed E-state index contributed by atoms with van der Waals surface area (Å²) in [6, 6.07) is 10.7. The summed E-state index contributed by atoms with van der Waals surface area (Å²) in [6.07, 6.45) is 3.39. The second-order valence-corrected chi connectivity index (χ2v) is 9.95. The van der Waals surface area contributed by atoms with Crippen molar-refractivity contribution in [2.45, 2.75) is 26.0 Å². The molecule has 1 aromatic carbocycles. The Morgan fingerprint density at radius 3 is 2.60 bits per heavy atom. The van der Waals surface area contributed by atoms with Gasteiger partial charge in [-0.3, -0.25) is 24.7 Å². The molecule has 11 heteroatoms. The number of rotatable bonds is 5. The number of nitrogens with one attached hydrogen (secondary N) is 2. The highest BCUT2D eigenvalue weighted by molar-refractivity contribution is 7.17. The molecule has 3 N–H and O–H groups in total. The van der Waals surface area contributed by atoms with Crippen LogP contribution in [0, 0.1) is 0 Å². The first-order chi connectivity index (χ1) is 16.6. The van der Waals surface area contributed by atoms with Crippen molar-refractivity contribution in [3.05, 3.63) is 74.4 Å². The molecule has 4 aromatic heterocycles. The number of aromatic amines is 1. The Bertz CT molecular complexity index is 1710. The highest BCUT2D eigenvalue weighted by Gasteiger charge is 2.22.